The summed E-state index contributed by atoms with van der Waals surface area (Å²) in [6.45, 7) is 4.49. The summed E-state index contributed by atoms with van der Waals surface area (Å²) in [6.07, 6.45) is 7.00. The molecule has 6 heteroatoms. The SMILES string of the molecule is Cc1ccc2c3c(ccc2n1)OCC(CN(CC1CCc2[nH]c4ccc(F)cc4c2C1)C1CCC1)O3. The minimum atomic E-state index is -0.157. The highest BCUT2D eigenvalue weighted by Gasteiger charge is 2.33. The summed E-state index contributed by atoms with van der Waals surface area (Å²) in [7, 11) is 0. The van der Waals surface area contributed by atoms with Gasteiger partial charge in [0, 0.05) is 46.8 Å². The molecule has 2 aliphatic carbocycles. The van der Waals surface area contributed by atoms with Gasteiger partial charge in [0.15, 0.2) is 11.5 Å². The normalized spacial score (nSPS) is 21.6. The minimum absolute atomic E-state index is 0.00802. The van der Waals surface area contributed by atoms with E-state index in [9.17, 15) is 4.39 Å². The van der Waals surface area contributed by atoms with E-state index in [0.29, 0.717) is 18.6 Å². The highest BCUT2D eigenvalue weighted by molar-refractivity contribution is 5.88. The number of halogens is 1. The van der Waals surface area contributed by atoms with Gasteiger partial charge in [0.05, 0.1) is 5.52 Å². The second-order valence-corrected chi connectivity index (χ2v) is 10.9. The smallest absolute Gasteiger partial charge is 0.171 e. The molecule has 3 aliphatic rings. The first-order valence-corrected chi connectivity index (χ1v) is 13.3. The lowest BCUT2D eigenvalue weighted by Crippen LogP contribution is -2.50. The molecule has 0 spiro atoms. The van der Waals surface area contributed by atoms with E-state index in [2.05, 4.69) is 20.9 Å². The first kappa shape index (κ1) is 22.1. The predicted molar refractivity (Wildman–Crippen MR) is 139 cm³/mol. The van der Waals surface area contributed by atoms with Gasteiger partial charge in [-0.05, 0) is 93.0 Å². The van der Waals surface area contributed by atoms with Crippen LogP contribution in [0.15, 0.2) is 42.5 Å². The fourth-order valence-electron chi connectivity index (χ4n) is 6.30. The fraction of sp³-hybridized carbons (Fsp3) is 0.433. The third-order valence-corrected chi connectivity index (χ3v) is 8.41. The van der Waals surface area contributed by atoms with Crippen molar-refractivity contribution in [2.75, 3.05) is 19.7 Å². The van der Waals surface area contributed by atoms with Crippen molar-refractivity contribution in [3.05, 3.63) is 65.2 Å². The maximum Gasteiger partial charge on any atom is 0.171 e. The second kappa shape index (κ2) is 8.77. The van der Waals surface area contributed by atoms with E-state index < -0.39 is 0 Å². The van der Waals surface area contributed by atoms with E-state index in [1.54, 1.807) is 12.1 Å². The van der Waals surface area contributed by atoms with Gasteiger partial charge in [0.25, 0.3) is 0 Å². The number of hydrogen-bond acceptors (Lipinski definition) is 4. The third kappa shape index (κ3) is 3.92. The molecule has 0 saturated heterocycles. The number of nitrogens with zero attached hydrogens (tertiary/aromatic N) is 2. The lowest BCUT2D eigenvalue weighted by atomic mass is 9.84. The predicted octanol–water partition coefficient (Wildman–Crippen LogP) is 5.96. The van der Waals surface area contributed by atoms with Gasteiger partial charge in [-0.2, -0.15) is 0 Å². The Morgan fingerprint density at radius 2 is 1.97 bits per heavy atom. The molecule has 186 valence electrons. The van der Waals surface area contributed by atoms with Crippen LogP contribution in [0.1, 0.15) is 42.6 Å². The monoisotopic (exact) mass is 485 g/mol. The number of nitrogens with one attached hydrogen (secondary N) is 1. The number of H-pyrrole nitrogens is 1. The number of rotatable bonds is 5. The van der Waals surface area contributed by atoms with Gasteiger partial charge in [-0.1, -0.05) is 6.42 Å². The first-order chi connectivity index (χ1) is 17.6. The summed E-state index contributed by atoms with van der Waals surface area (Å²) in [5.41, 5.74) is 5.61. The van der Waals surface area contributed by atoms with Gasteiger partial charge in [0.1, 0.15) is 18.5 Å². The summed E-state index contributed by atoms with van der Waals surface area (Å²) < 4.78 is 26.7. The molecule has 0 amide bonds. The van der Waals surface area contributed by atoms with Gasteiger partial charge in [0.2, 0.25) is 0 Å². The lowest BCUT2D eigenvalue weighted by molar-refractivity contribution is 0.0220. The van der Waals surface area contributed by atoms with Crippen LogP contribution in [-0.4, -0.2) is 46.7 Å². The molecule has 7 rings (SSSR count). The number of benzene rings is 2. The number of fused-ring (bicyclic) bond motifs is 6. The largest absolute Gasteiger partial charge is 0.486 e. The fourth-order valence-corrected chi connectivity index (χ4v) is 6.30. The topological polar surface area (TPSA) is 50.4 Å². The molecule has 1 fully saturated rings. The van der Waals surface area contributed by atoms with E-state index in [1.807, 2.05) is 31.2 Å². The van der Waals surface area contributed by atoms with Gasteiger partial charge >= 0.3 is 0 Å². The zero-order chi connectivity index (χ0) is 24.2. The average molecular weight is 486 g/mol. The van der Waals surface area contributed by atoms with Crippen LogP contribution in [0.3, 0.4) is 0 Å². The molecule has 2 aromatic carbocycles. The Morgan fingerprint density at radius 1 is 1.06 bits per heavy atom. The van der Waals surface area contributed by atoms with Crippen LogP contribution in [0.5, 0.6) is 11.5 Å². The molecule has 1 N–H and O–H groups in total. The first-order valence-electron chi connectivity index (χ1n) is 13.3. The van der Waals surface area contributed by atoms with Crippen LogP contribution >= 0.6 is 0 Å². The Morgan fingerprint density at radius 3 is 2.83 bits per heavy atom. The summed E-state index contributed by atoms with van der Waals surface area (Å²) in [4.78, 5) is 10.9. The van der Waals surface area contributed by atoms with Gasteiger partial charge in [-0.15, -0.1) is 0 Å². The Balaban J connectivity index is 1.10. The maximum atomic E-state index is 14.0. The number of ether oxygens (including phenoxy) is 2. The minimum Gasteiger partial charge on any atom is -0.486 e. The van der Waals surface area contributed by atoms with Crippen molar-refractivity contribution >= 4 is 21.8 Å². The highest BCUT2D eigenvalue weighted by atomic mass is 19.1. The van der Waals surface area contributed by atoms with E-state index in [4.69, 9.17) is 9.47 Å². The van der Waals surface area contributed by atoms with Crippen molar-refractivity contribution in [2.45, 2.75) is 57.6 Å². The average Bonchev–Trinajstić information content (AvgIpc) is 3.20. The van der Waals surface area contributed by atoms with Gasteiger partial charge < -0.3 is 14.5 Å². The van der Waals surface area contributed by atoms with Gasteiger partial charge in [-0.25, -0.2) is 4.39 Å². The van der Waals surface area contributed by atoms with Crippen LogP contribution in [0, 0.1) is 18.7 Å². The Labute approximate surface area is 210 Å². The molecule has 0 bridgehead atoms. The maximum absolute atomic E-state index is 14.0. The van der Waals surface area contributed by atoms with E-state index in [-0.39, 0.29) is 11.9 Å². The summed E-state index contributed by atoms with van der Waals surface area (Å²) in [5, 5.41) is 2.07. The van der Waals surface area contributed by atoms with Crippen molar-refractivity contribution in [1.29, 1.82) is 0 Å². The second-order valence-electron chi connectivity index (χ2n) is 10.9. The molecular formula is C30H32FN3O2. The Kier molecular flexibility index (Phi) is 5.38. The van der Waals surface area contributed by atoms with E-state index >= 15 is 0 Å². The molecule has 2 unspecified atom stereocenters. The molecule has 36 heavy (non-hydrogen) atoms. The summed E-state index contributed by atoms with van der Waals surface area (Å²) >= 11 is 0. The molecule has 5 nitrogen and oxygen atoms in total. The number of aromatic amines is 1. The number of pyridine rings is 1. The molecule has 4 aromatic rings. The summed E-state index contributed by atoms with van der Waals surface area (Å²) in [5.74, 6) is 2.04. The van der Waals surface area contributed by atoms with Crippen molar-refractivity contribution < 1.29 is 13.9 Å². The molecule has 2 atom stereocenters. The van der Waals surface area contributed by atoms with Crippen LogP contribution in [-0.2, 0) is 12.8 Å². The molecular weight excluding hydrogens is 453 g/mol. The molecule has 0 radical (unpaired) electrons. The zero-order valence-electron chi connectivity index (χ0n) is 20.7. The zero-order valence-corrected chi connectivity index (χ0v) is 20.7. The van der Waals surface area contributed by atoms with Crippen molar-refractivity contribution in [3.8, 4) is 11.5 Å². The summed E-state index contributed by atoms with van der Waals surface area (Å²) in [6, 6.07) is 13.9. The molecule has 1 saturated carbocycles. The van der Waals surface area contributed by atoms with E-state index in [0.717, 1.165) is 71.4 Å². The Bertz CT molecular complexity index is 1440. The molecule has 1 aliphatic heterocycles. The van der Waals surface area contributed by atoms with Crippen LogP contribution in [0.25, 0.3) is 21.8 Å². The third-order valence-electron chi connectivity index (χ3n) is 8.41. The number of aromatic nitrogens is 2. The number of aryl methyl sites for hydroxylation is 2. The van der Waals surface area contributed by atoms with Crippen molar-refractivity contribution in [1.82, 2.24) is 14.9 Å². The van der Waals surface area contributed by atoms with E-state index in [1.165, 1.54) is 30.5 Å². The standard InChI is InChI=1S/C30H32FN3O2/c1-18-5-8-23-26(32-18)11-12-29-30(23)36-22(17-35-29)16-34(21-3-2-4-21)15-19-6-9-27-24(13-19)25-14-20(31)7-10-28(25)33-27/h5,7-8,10-12,14,19,21-22,33H,2-4,6,9,13,15-17H2,1H3. The van der Waals surface area contributed by atoms with Gasteiger partial charge in [-0.3, -0.25) is 9.88 Å². The lowest BCUT2D eigenvalue weighted by Gasteiger charge is -2.42. The molecule has 2 aromatic heterocycles. The van der Waals surface area contributed by atoms with Crippen LogP contribution < -0.4 is 9.47 Å². The van der Waals surface area contributed by atoms with Crippen LogP contribution in [0.4, 0.5) is 4.39 Å². The van der Waals surface area contributed by atoms with Crippen molar-refractivity contribution in [2.24, 2.45) is 5.92 Å². The van der Waals surface area contributed by atoms with Crippen LogP contribution in [0.2, 0.25) is 0 Å². The van der Waals surface area contributed by atoms with Crippen molar-refractivity contribution in [3.63, 3.8) is 0 Å². The number of hydrogen-bond donors (Lipinski definition) is 1. The highest BCUT2D eigenvalue weighted by Crippen LogP contribution is 2.39. The quantitative estimate of drug-likeness (QED) is 0.379. The Hall–Kier alpha value is -3.12. The molecule has 3 heterocycles.